The first kappa shape index (κ1) is 19.8. The molecule has 0 aromatic heterocycles. The minimum atomic E-state index is -3.65. The molecule has 0 radical (unpaired) electrons. The highest BCUT2D eigenvalue weighted by Gasteiger charge is 2.32. The van der Waals surface area contributed by atoms with Gasteiger partial charge in [-0.1, -0.05) is 12.5 Å². The summed E-state index contributed by atoms with van der Waals surface area (Å²) in [5.74, 6) is -1.78. The van der Waals surface area contributed by atoms with E-state index in [1.807, 2.05) is 6.92 Å². The van der Waals surface area contributed by atoms with Gasteiger partial charge in [-0.3, -0.25) is 9.59 Å². The zero-order valence-corrected chi connectivity index (χ0v) is 16.3. The van der Waals surface area contributed by atoms with Crippen molar-refractivity contribution in [2.45, 2.75) is 50.0 Å². The van der Waals surface area contributed by atoms with Gasteiger partial charge in [0.05, 0.1) is 10.8 Å². The van der Waals surface area contributed by atoms with Crippen molar-refractivity contribution in [3.63, 3.8) is 0 Å². The van der Waals surface area contributed by atoms with E-state index in [0.717, 1.165) is 19.3 Å². The largest absolute Gasteiger partial charge is 0.481 e. The molecule has 1 unspecified atom stereocenters. The van der Waals surface area contributed by atoms with E-state index in [1.165, 1.54) is 21.3 Å². The van der Waals surface area contributed by atoms with Crippen LogP contribution in [0.4, 0.5) is 0 Å². The number of carboxylic acids is 1. The van der Waals surface area contributed by atoms with Gasteiger partial charge < -0.3 is 10.0 Å². The molecule has 8 heteroatoms. The lowest BCUT2D eigenvalue weighted by molar-refractivity contribution is -0.143. The van der Waals surface area contributed by atoms with E-state index in [-0.39, 0.29) is 29.0 Å². The third-order valence-corrected chi connectivity index (χ3v) is 7.50. The van der Waals surface area contributed by atoms with Crippen LogP contribution in [-0.4, -0.2) is 60.3 Å². The molecule has 0 bridgehead atoms. The summed E-state index contributed by atoms with van der Waals surface area (Å²) >= 11 is 0. The molecule has 1 N–H and O–H groups in total. The Bertz CT molecular complexity index is 823. The molecule has 0 spiro atoms. The van der Waals surface area contributed by atoms with Crippen LogP contribution in [0.5, 0.6) is 0 Å². The Morgan fingerprint density at radius 1 is 1.11 bits per heavy atom. The first-order chi connectivity index (χ1) is 12.8. The van der Waals surface area contributed by atoms with Crippen molar-refractivity contribution >= 4 is 21.9 Å². The van der Waals surface area contributed by atoms with Crippen LogP contribution in [0.3, 0.4) is 0 Å². The second-order valence-corrected chi connectivity index (χ2v) is 9.31. The van der Waals surface area contributed by atoms with Gasteiger partial charge in [-0.05, 0) is 50.8 Å². The number of piperidine rings is 2. The maximum absolute atomic E-state index is 13.0. The van der Waals surface area contributed by atoms with E-state index < -0.39 is 21.9 Å². The van der Waals surface area contributed by atoms with Gasteiger partial charge in [-0.15, -0.1) is 0 Å². The van der Waals surface area contributed by atoms with E-state index >= 15 is 0 Å². The lowest BCUT2D eigenvalue weighted by atomic mass is 9.97. The fourth-order valence-corrected chi connectivity index (χ4v) is 5.65. The molecule has 7 nitrogen and oxygen atoms in total. The Labute approximate surface area is 160 Å². The number of carbonyl (C=O) groups excluding carboxylic acids is 1. The molecular weight excluding hydrogens is 368 g/mol. The third-order valence-electron chi connectivity index (χ3n) is 5.49. The minimum Gasteiger partial charge on any atom is -0.481 e. The van der Waals surface area contributed by atoms with Crippen LogP contribution < -0.4 is 0 Å². The summed E-state index contributed by atoms with van der Waals surface area (Å²) in [7, 11) is -3.65. The van der Waals surface area contributed by atoms with Gasteiger partial charge in [0.1, 0.15) is 0 Å². The summed E-state index contributed by atoms with van der Waals surface area (Å²) < 4.78 is 27.5. The Kier molecular flexibility index (Phi) is 5.86. The lowest BCUT2D eigenvalue weighted by Gasteiger charge is -2.32. The van der Waals surface area contributed by atoms with Gasteiger partial charge >= 0.3 is 5.97 Å². The summed E-state index contributed by atoms with van der Waals surface area (Å²) in [6.07, 6.45) is 3.88. The second kappa shape index (κ2) is 7.98. The number of rotatable bonds is 4. The Morgan fingerprint density at radius 2 is 1.89 bits per heavy atom. The fourth-order valence-electron chi connectivity index (χ4n) is 3.90. The number of hydrogen-bond donors (Lipinski definition) is 1. The highest BCUT2D eigenvalue weighted by Crippen LogP contribution is 2.26. The zero-order chi connectivity index (χ0) is 19.6. The maximum atomic E-state index is 13.0. The molecule has 27 heavy (non-hydrogen) atoms. The average molecular weight is 394 g/mol. The molecule has 0 aliphatic carbocycles. The van der Waals surface area contributed by atoms with Crippen LogP contribution in [0, 0.1) is 5.92 Å². The molecule has 148 valence electrons. The van der Waals surface area contributed by atoms with Gasteiger partial charge in [0.25, 0.3) is 5.91 Å². The van der Waals surface area contributed by atoms with Crippen LogP contribution in [0.1, 0.15) is 49.4 Å². The highest BCUT2D eigenvalue weighted by molar-refractivity contribution is 7.89. The Balaban J connectivity index is 1.82. The number of carboxylic acid groups (broad SMARTS) is 1. The summed E-state index contributed by atoms with van der Waals surface area (Å²) in [5, 5.41) is 9.21. The van der Waals surface area contributed by atoms with Gasteiger partial charge in [0.15, 0.2) is 0 Å². The van der Waals surface area contributed by atoms with E-state index in [1.54, 1.807) is 12.1 Å². The summed E-state index contributed by atoms with van der Waals surface area (Å²) in [4.78, 5) is 25.7. The van der Waals surface area contributed by atoms with Crippen molar-refractivity contribution < 1.29 is 23.1 Å². The molecule has 0 saturated carbocycles. The minimum absolute atomic E-state index is 0.0541. The van der Waals surface area contributed by atoms with Crippen molar-refractivity contribution in [3.05, 3.63) is 29.8 Å². The maximum Gasteiger partial charge on any atom is 0.308 e. The van der Waals surface area contributed by atoms with Crippen LogP contribution in [0.2, 0.25) is 0 Å². The number of amides is 1. The molecule has 1 aromatic rings. The number of carbonyl (C=O) groups is 2. The number of likely N-dealkylation sites (tertiary alicyclic amines) is 1. The van der Waals surface area contributed by atoms with Gasteiger partial charge in [0.2, 0.25) is 10.0 Å². The summed E-state index contributed by atoms with van der Waals surface area (Å²) in [6.45, 7) is 3.05. The van der Waals surface area contributed by atoms with Crippen molar-refractivity contribution in [3.8, 4) is 0 Å². The van der Waals surface area contributed by atoms with Crippen LogP contribution in [0.25, 0.3) is 0 Å². The summed E-state index contributed by atoms with van der Waals surface area (Å²) in [5.41, 5.74) is 0.284. The quantitative estimate of drug-likeness (QED) is 0.845. The molecular formula is C19H26N2O5S. The highest BCUT2D eigenvalue weighted by atomic mass is 32.2. The molecule has 2 saturated heterocycles. The van der Waals surface area contributed by atoms with Crippen LogP contribution in [-0.2, 0) is 14.8 Å². The van der Waals surface area contributed by atoms with E-state index in [9.17, 15) is 23.1 Å². The van der Waals surface area contributed by atoms with E-state index in [4.69, 9.17) is 0 Å². The summed E-state index contributed by atoms with van der Waals surface area (Å²) in [6, 6.07) is 6.05. The molecule has 2 aliphatic heterocycles. The molecule has 1 amide bonds. The van der Waals surface area contributed by atoms with Crippen LogP contribution >= 0.6 is 0 Å². The van der Waals surface area contributed by atoms with E-state index in [2.05, 4.69) is 0 Å². The molecule has 2 fully saturated rings. The fraction of sp³-hybridized carbons (Fsp3) is 0.579. The zero-order valence-electron chi connectivity index (χ0n) is 15.5. The molecule has 1 aromatic carbocycles. The monoisotopic (exact) mass is 394 g/mol. The number of sulfonamides is 1. The predicted molar refractivity (Wildman–Crippen MR) is 99.9 cm³/mol. The molecule has 2 heterocycles. The number of nitrogens with zero attached hydrogens (tertiary/aromatic N) is 2. The first-order valence-corrected chi connectivity index (χ1v) is 10.9. The predicted octanol–water partition coefficient (Wildman–Crippen LogP) is 2.19. The lowest BCUT2D eigenvalue weighted by Crippen LogP contribution is -2.43. The second-order valence-electron chi connectivity index (χ2n) is 7.42. The van der Waals surface area contributed by atoms with Crippen molar-refractivity contribution in [1.82, 2.24) is 9.21 Å². The third kappa shape index (κ3) is 4.16. The Hall–Kier alpha value is -1.93. The van der Waals surface area contributed by atoms with Gasteiger partial charge in [-0.2, -0.15) is 4.31 Å². The molecule has 2 aliphatic rings. The van der Waals surface area contributed by atoms with Gasteiger partial charge in [0, 0.05) is 31.2 Å². The topological polar surface area (TPSA) is 95.0 Å². The van der Waals surface area contributed by atoms with Crippen molar-refractivity contribution in [1.29, 1.82) is 0 Å². The normalized spacial score (nSPS) is 24.6. The van der Waals surface area contributed by atoms with Crippen LogP contribution in [0.15, 0.2) is 29.2 Å². The van der Waals surface area contributed by atoms with E-state index in [0.29, 0.717) is 25.9 Å². The average Bonchev–Trinajstić information content (AvgIpc) is 2.67. The number of aliphatic carboxylic acids is 1. The first-order valence-electron chi connectivity index (χ1n) is 9.44. The Morgan fingerprint density at radius 3 is 2.59 bits per heavy atom. The van der Waals surface area contributed by atoms with Crippen molar-refractivity contribution in [2.24, 2.45) is 5.92 Å². The number of benzene rings is 1. The molecule has 2 atom stereocenters. The standard InChI is InChI=1S/C19H26N2O5S/c1-14-6-2-3-11-21(14)27(25,26)17-9-4-7-15(12-17)18(22)20-10-5-8-16(13-20)19(23)24/h4,7,9,12,14,16H,2-3,5-6,8,10-11,13H2,1H3,(H,23,24)/t14?,16-/m0/s1. The number of hydrogen-bond acceptors (Lipinski definition) is 4. The molecule has 3 rings (SSSR count). The smallest absolute Gasteiger partial charge is 0.308 e. The van der Waals surface area contributed by atoms with Crippen molar-refractivity contribution in [2.75, 3.05) is 19.6 Å². The van der Waals surface area contributed by atoms with Gasteiger partial charge in [-0.25, -0.2) is 8.42 Å². The SMILES string of the molecule is CC1CCCCN1S(=O)(=O)c1cccc(C(=O)N2CCC[C@H](C(=O)O)C2)c1.